The molecule has 1 N–H and O–H groups in total. The molecule has 0 aliphatic carbocycles. The third-order valence-corrected chi connectivity index (χ3v) is 6.05. The van der Waals surface area contributed by atoms with E-state index in [0.29, 0.717) is 30.2 Å². The van der Waals surface area contributed by atoms with E-state index in [1.807, 2.05) is 52.7 Å². The standard InChI is InChI=1S/C24H29ClN6O2/c1-28(2)10-9-27-23(32)17-31-16-20(19-7-6-18(25)15-21(19)31)24(33)30-13-11-29(12-14-30)22-5-3-4-8-26-22/h3-8,15-16H,9-14,17H2,1-2H3,(H,27,32). The van der Waals surface area contributed by atoms with Crippen LogP contribution >= 0.6 is 11.6 Å². The Bertz CT molecular complexity index is 1120. The summed E-state index contributed by atoms with van der Waals surface area (Å²) in [5.41, 5.74) is 1.37. The summed E-state index contributed by atoms with van der Waals surface area (Å²) in [5, 5.41) is 4.29. The Morgan fingerprint density at radius 2 is 1.91 bits per heavy atom. The van der Waals surface area contributed by atoms with Gasteiger partial charge >= 0.3 is 0 Å². The number of nitrogens with one attached hydrogen (secondary N) is 1. The van der Waals surface area contributed by atoms with Gasteiger partial charge in [0.1, 0.15) is 12.4 Å². The SMILES string of the molecule is CN(C)CCNC(=O)Cn1cc(C(=O)N2CCN(c3ccccn3)CC2)c2ccc(Cl)cc21. The van der Waals surface area contributed by atoms with Crippen LogP contribution in [0.4, 0.5) is 5.82 Å². The van der Waals surface area contributed by atoms with Crippen LogP contribution in [0.15, 0.2) is 48.8 Å². The predicted molar refractivity (Wildman–Crippen MR) is 131 cm³/mol. The number of pyridine rings is 1. The molecule has 1 aliphatic heterocycles. The molecule has 1 aliphatic rings. The van der Waals surface area contributed by atoms with Gasteiger partial charge in [-0.15, -0.1) is 0 Å². The number of likely N-dealkylation sites (N-methyl/N-ethyl adjacent to an activating group) is 1. The Morgan fingerprint density at radius 3 is 2.61 bits per heavy atom. The van der Waals surface area contributed by atoms with Gasteiger partial charge in [-0.05, 0) is 38.4 Å². The number of hydrogen-bond acceptors (Lipinski definition) is 5. The summed E-state index contributed by atoms with van der Waals surface area (Å²) in [4.78, 5) is 36.4. The van der Waals surface area contributed by atoms with Crippen LogP contribution in [0.3, 0.4) is 0 Å². The largest absolute Gasteiger partial charge is 0.353 e. The van der Waals surface area contributed by atoms with Crippen molar-refractivity contribution in [3.63, 3.8) is 0 Å². The fraction of sp³-hybridized carbons (Fsp3) is 0.375. The van der Waals surface area contributed by atoms with Crippen LogP contribution in [0.2, 0.25) is 5.02 Å². The summed E-state index contributed by atoms with van der Waals surface area (Å²) in [5.74, 6) is 0.794. The highest BCUT2D eigenvalue weighted by Crippen LogP contribution is 2.26. The van der Waals surface area contributed by atoms with Crippen molar-refractivity contribution >= 4 is 40.1 Å². The van der Waals surface area contributed by atoms with Crippen molar-refractivity contribution in [3.8, 4) is 0 Å². The zero-order valence-corrected chi connectivity index (χ0v) is 19.8. The number of amides is 2. The molecule has 0 atom stereocenters. The molecule has 0 saturated carbocycles. The van der Waals surface area contributed by atoms with Gasteiger partial charge in [0.15, 0.2) is 0 Å². The lowest BCUT2D eigenvalue weighted by atomic mass is 10.1. The molecule has 2 amide bonds. The van der Waals surface area contributed by atoms with E-state index in [-0.39, 0.29) is 18.4 Å². The second kappa shape index (κ2) is 10.2. The van der Waals surface area contributed by atoms with Crippen LogP contribution < -0.4 is 10.2 Å². The van der Waals surface area contributed by atoms with Gasteiger partial charge in [0.25, 0.3) is 5.91 Å². The first-order valence-corrected chi connectivity index (χ1v) is 11.5. The Morgan fingerprint density at radius 1 is 1.12 bits per heavy atom. The number of halogens is 1. The molecule has 1 aromatic carbocycles. The third kappa shape index (κ3) is 5.46. The van der Waals surface area contributed by atoms with Crippen LogP contribution in [0.1, 0.15) is 10.4 Å². The van der Waals surface area contributed by atoms with E-state index in [1.165, 1.54) is 0 Å². The maximum Gasteiger partial charge on any atom is 0.256 e. The first-order chi connectivity index (χ1) is 15.9. The van der Waals surface area contributed by atoms with Crippen molar-refractivity contribution in [2.75, 3.05) is 58.3 Å². The zero-order valence-electron chi connectivity index (χ0n) is 19.0. The molecule has 0 bridgehead atoms. The zero-order chi connectivity index (χ0) is 23.4. The highest BCUT2D eigenvalue weighted by Gasteiger charge is 2.26. The Kier molecular flexibility index (Phi) is 7.15. The molecule has 0 unspecified atom stereocenters. The van der Waals surface area contributed by atoms with E-state index in [1.54, 1.807) is 24.5 Å². The average molecular weight is 469 g/mol. The lowest BCUT2D eigenvalue weighted by Gasteiger charge is -2.35. The van der Waals surface area contributed by atoms with Gasteiger partial charge in [-0.1, -0.05) is 23.7 Å². The fourth-order valence-electron chi connectivity index (χ4n) is 4.05. The number of carbonyl (C=O) groups excluding carboxylic acids is 2. The second-order valence-electron chi connectivity index (χ2n) is 8.45. The predicted octanol–water partition coefficient (Wildman–Crippen LogP) is 2.33. The number of aromatic nitrogens is 2. The summed E-state index contributed by atoms with van der Waals surface area (Å²) < 4.78 is 1.81. The first-order valence-electron chi connectivity index (χ1n) is 11.1. The molecule has 1 saturated heterocycles. The molecule has 1 fully saturated rings. The molecule has 0 spiro atoms. The normalized spacial score (nSPS) is 14.2. The topological polar surface area (TPSA) is 73.7 Å². The van der Waals surface area contributed by atoms with Crippen molar-refractivity contribution in [1.29, 1.82) is 0 Å². The minimum absolute atomic E-state index is 0.0326. The van der Waals surface area contributed by atoms with E-state index < -0.39 is 0 Å². The molecule has 3 heterocycles. The number of fused-ring (bicyclic) bond motifs is 1. The summed E-state index contributed by atoms with van der Waals surface area (Å²) >= 11 is 6.23. The van der Waals surface area contributed by atoms with Gasteiger partial charge in [0.05, 0.1) is 11.1 Å². The summed E-state index contributed by atoms with van der Waals surface area (Å²) in [6, 6.07) is 11.3. The van der Waals surface area contributed by atoms with E-state index in [0.717, 1.165) is 36.4 Å². The maximum atomic E-state index is 13.4. The smallest absolute Gasteiger partial charge is 0.256 e. The molecule has 0 radical (unpaired) electrons. The Balaban J connectivity index is 1.49. The van der Waals surface area contributed by atoms with Crippen LogP contribution in [-0.4, -0.2) is 84.5 Å². The first kappa shape index (κ1) is 23.1. The van der Waals surface area contributed by atoms with Gasteiger partial charge in [-0.2, -0.15) is 0 Å². The molecule has 33 heavy (non-hydrogen) atoms. The van der Waals surface area contributed by atoms with E-state index in [9.17, 15) is 9.59 Å². The molecule has 9 heteroatoms. The summed E-state index contributed by atoms with van der Waals surface area (Å²) in [6.45, 7) is 4.13. The number of rotatable bonds is 7. The van der Waals surface area contributed by atoms with E-state index in [4.69, 9.17) is 11.6 Å². The summed E-state index contributed by atoms with van der Waals surface area (Å²) in [7, 11) is 3.92. The Labute approximate surface area is 198 Å². The van der Waals surface area contributed by atoms with Crippen molar-refractivity contribution in [2.24, 2.45) is 0 Å². The lowest BCUT2D eigenvalue weighted by molar-refractivity contribution is -0.121. The van der Waals surface area contributed by atoms with E-state index in [2.05, 4.69) is 15.2 Å². The van der Waals surface area contributed by atoms with Gasteiger partial charge in [0.2, 0.25) is 5.91 Å². The van der Waals surface area contributed by atoms with Crippen LogP contribution in [-0.2, 0) is 11.3 Å². The number of nitrogens with zero attached hydrogens (tertiary/aromatic N) is 5. The molecule has 4 rings (SSSR count). The second-order valence-corrected chi connectivity index (χ2v) is 8.89. The van der Waals surface area contributed by atoms with Gasteiger partial charge in [0, 0.05) is 62.1 Å². The van der Waals surface area contributed by atoms with Gasteiger partial charge in [-0.25, -0.2) is 4.98 Å². The van der Waals surface area contributed by atoms with Crippen molar-refractivity contribution in [3.05, 3.63) is 59.4 Å². The highest BCUT2D eigenvalue weighted by atomic mass is 35.5. The Hall–Kier alpha value is -3.10. The lowest BCUT2D eigenvalue weighted by Crippen LogP contribution is -2.49. The number of anilines is 1. The van der Waals surface area contributed by atoms with Gasteiger partial charge in [-0.3, -0.25) is 9.59 Å². The number of hydrogen-bond donors (Lipinski definition) is 1. The molecule has 2 aromatic heterocycles. The minimum Gasteiger partial charge on any atom is -0.353 e. The van der Waals surface area contributed by atoms with Crippen LogP contribution in [0.5, 0.6) is 0 Å². The molecular weight excluding hydrogens is 440 g/mol. The van der Waals surface area contributed by atoms with Crippen LogP contribution in [0, 0.1) is 0 Å². The highest BCUT2D eigenvalue weighted by molar-refractivity contribution is 6.31. The number of benzene rings is 1. The minimum atomic E-state index is -0.100. The molecule has 3 aromatic rings. The maximum absolute atomic E-state index is 13.4. The van der Waals surface area contributed by atoms with Crippen molar-refractivity contribution in [1.82, 2.24) is 24.7 Å². The number of carbonyl (C=O) groups is 2. The summed E-state index contributed by atoms with van der Waals surface area (Å²) in [6.07, 6.45) is 3.56. The van der Waals surface area contributed by atoms with Crippen LogP contribution in [0.25, 0.3) is 10.9 Å². The fourth-order valence-corrected chi connectivity index (χ4v) is 4.21. The van der Waals surface area contributed by atoms with Crippen molar-refractivity contribution in [2.45, 2.75) is 6.54 Å². The van der Waals surface area contributed by atoms with E-state index >= 15 is 0 Å². The monoisotopic (exact) mass is 468 g/mol. The quantitative estimate of drug-likeness (QED) is 0.576. The molecular formula is C24H29ClN6O2. The van der Waals surface area contributed by atoms with Crippen molar-refractivity contribution < 1.29 is 9.59 Å². The molecule has 8 nitrogen and oxygen atoms in total. The molecule has 174 valence electrons. The third-order valence-electron chi connectivity index (χ3n) is 5.81. The van der Waals surface area contributed by atoms with Gasteiger partial charge < -0.3 is 24.6 Å². The average Bonchev–Trinajstić information content (AvgIpc) is 3.16. The number of piperazine rings is 1.